The molecule has 2 aromatic carbocycles. The molecule has 0 saturated heterocycles. The van der Waals surface area contributed by atoms with Crippen molar-refractivity contribution in [2.24, 2.45) is 0 Å². The third kappa shape index (κ3) is 4.20. The Labute approximate surface area is 170 Å². The Morgan fingerprint density at radius 2 is 1.59 bits per heavy atom. The SMILES string of the molecule is O=C(Cc1c(F)c(F)c(F)c(F)c1F)Nc1ccnn1Cc1cccc(Cl)c1Cl. The Balaban J connectivity index is 1.80. The van der Waals surface area contributed by atoms with Crippen LogP contribution in [0.3, 0.4) is 0 Å². The molecule has 152 valence electrons. The molecule has 29 heavy (non-hydrogen) atoms. The van der Waals surface area contributed by atoms with E-state index in [4.69, 9.17) is 23.2 Å². The summed E-state index contributed by atoms with van der Waals surface area (Å²) in [6.07, 6.45) is 0.265. The number of nitrogens with one attached hydrogen (secondary N) is 1. The second-order valence-corrected chi connectivity index (χ2v) is 6.65. The van der Waals surface area contributed by atoms with Crippen LogP contribution in [0.2, 0.25) is 10.0 Å². The minimum absolute atomic E-state index is 0.102. The molecule has 0 bridgehead atoms. The van der Waals surface area contributed by atoms with Gasteiger partial charge in [0.1, 0.15) is 5.82 Å². The number of hydrogen-bond donors (Lipinski definition) is 1. The first-order chi connectivity index (χ1) is 13.7. The molecule has 0 atom stereocenters. The van der Waals surface area contributed by atoms with E-state index in [1.165, 1.54) is 16.9 Å². The van der Waals surface area contributed by atoms with E-state index < -0.39 is 47.0 Å². The van der Waals surface area contributed by atoms with Crippen molar-refractivity contribution < 1.29 is 26.7 Å². The Morgan fingerprint density at radius 3 is 2.24 bits per heavy atom. The quantitative estimate of drug-likeness (QED) is 0.334. The first-order valence-electron chi connectivity index (χ1n) is 7.95. The van der Waals surface area contributed by atoms with Gasteiger partial charge in [0.2, 0.25) is 11.7 Å². The molecule has 3 aromatic rings. The summed E-state index contributed by atoms with van der Waals surface area (Å²) in [5.74, 6) is -11.5. The van der Waals surface area contributed by atoms with Crippen LogP contribution in [0.4, 0.5) is 27.8 Å². The van der Waals surface area contributed by atoms with E-state index in [-0.39, 0.29) is 17.4 Å². The third-order valence-electron chi connectivity index (χ3n) is 3.97. The van der Waals surface area contributed by atoms with Crippen LogP contribution in [0.1, 0.15) is 11.1 Å². The number of aromatic nitrogens is 2. The predicted molar refractivity (Wildman–Crippen MR) is 96.4 cm³/mol. The standard InChI is InChI=1S/C18H10Cl2F5N3O/c19-10-3-1-2-8(13(10)20)7-28-11(4-5-26-28)27-12(29)6-9-14(21)16(23)18(25)17(24)15(9)22/h1-5H,6-7H2,(H,27,29). The number of carbonyl (C=O) groups excluding carboxylic acids is 1. The number of carbonyl (C=O) groups is 1. The smallest absolute Gasteiger partial charge is 0.230 e. The zero-order valence-corrected chi connectivity index (χ0v) is 15.8. The average Bonchev–Trinajstić information content (AvgIpc) is 3.12. The van der Waals surface area contributed by atoms with E-state index in [1.54, 1.807) is 18.2 Å². The van der Waals surface area contributed by atoms with Crippen LogP contribution in [-0.4, -0.2) is 15.7 Å². The molecule has 0 saturated carbocycles. The van der Waals surface area contributed by atoms with Crippen LogP contribution in [0.5, 0.6) is 0 Å². The Morgan fingerprint density at radius 1 is 0.966 bits per heavy atom. The summed E-state index contributed by atoms with van der Waals surface area (Å²) >= 11 is 12.1. The van der Waals surface area contributed by atoms with E-state index in [2.05, 4.69) is 10.4 Å². The minimum atomic E-state index is -2.29. The van der Waals surface area contributed by atoms with E-state index in [1.807, 2.05) is 0 Å². The molecule has 1 aromatic heterocycles. The number of benzene rings is 2. The fourth-order valence-corrected chi connectivity index (χ4v) is 2.93. The van der Waals surface area contributed by atoms with Gasteiger partial charge < -0.3 is 5.32 Å². The molecule has 11 heteroatoms. The van der Waals surface area contributed by atoms with Crippen molar-refractivity contribution in [3.05, 3.63) is 80.7 Å². The molecule has 0 unspecified atom stereocenters. The fraction of sp³-hybridized carbons (Fsp3) is 0.111. The molecule has 1 heterocycles. The summed E-state index contributed by atoms with van der Waals surface area (Å²) in [5, 5.41) is 6.91. The molecule has 0 spiro atoms. The molecule has 0 radical (unpaired) electrons. The van der Waals surface area contributed by atoms with E-state index >= 15 is 0 Å². The zero-order valence-electron chi connectivity index (χ0n) is 14.2. The maximum atomic E-state index is 13.7. The van der Waals surface area contributed by atoms with Gasteiger partial charge in [0.05, 0.1) is 29.2 Å². The number of amides is 1. The Bertz CT molecular complexity index is 1070. The lowest BCUT2D eigenvalue weighted by Gasteiger charge is -2.12. The molecule has 0 aliphatic rings. The lowest BCUT2D eigenvalue weighted by molar-refractivity contribution is -0.115. The third-order valence-corrected chi connectivity index (χ3v) is 4.83. The van der Waals surface area contributed by atoms with Crippen molar-refractivity contribution in [1.82, 2.24) is 9.78 Å². The Hall–Kier alpha value is -2.65. The highest BCUT2D eigenvalue weighted by molar-refractivity contribution is 6.42. The van der Waals surface area contributed by atoms with Crippen LogP contribution in [0, 0.1) is 29.1 Å². The van der Waals surface area contributed by atoms with Gasteiger partial charge in [-0.05, 0) is 11.6 Å². The van der Waals surface area contributed by atoms with Gasteiger partial charge in [-0.25, -0.2) is 26.6 Å². The van der Waals surface area contributed by atoms with Gasteiger partial charge in [-0.1, -0.05) is 35.3 Å². The maximum Gasteiger partial charge on any atom is 0.230 e. The number of nitrogens with zero attached hydrogens (tertiary/aromatic N) is 2. The highest BCUT2D eigenvalue weighted by Crippen LogP contribution is 2.27. The molecule has 0 aliphatic carbocycles. The molecule has 1 N–H and O–H groups in total. The highest BCUT2D eigenvalue weighted by Gasteiger charge is 2.27. The van der Waals surface area contributed by atoms with Gasteiger partial charge in [-0.3, -0.25) is 4.79 Å². The molecule has 0 fully saturated rings. The highest BCUT2D eigenvalue weighted by atomic mass is 35.5. The molecular weight excluding hydrogens is 440 g/mol. The first kappa shape index (κ1) is 21.1. The summed E-state index contributed by atoms with van der Waals surface area (Å²) in [6, 6.07) is 6.31. The second-order valence-electron chi connectivity index (χ2n) is 5.86. The lowest BCUT2D eigenvalue weighted by atomic mass is 10.1. The molecular formula is C18H10Cl2F5N3O. The second kappa shape index (κ2) is 8.38. The van der Waals surface area contributed by atoms with Crippen LogP contribution in [-0.2, 0) is 17.8 Å². The number of hydrogen-bond acceptors (Lipinski definition) is 2. The summed E-state index contributed by atoms with van der Waals surface area (Å²) in [4.78, 5) is 12.1. The maximum absolute atomic E-state index is 13.7. The van der Waals surface area contributed by atoms with E-state index in [9.17, 15) is 26.7 Å². The van der Waals surface area contributed by atoms with Crippen molar-refractivity contribution in [3.63, 3.8) is 0 Å². The number of anilines is 1. The van der Waals surface area contributed by atoms with Crippen LogP contribution in [0.25, 0.3) is 0 Å². The predicted octanol–water partition coefficient (Wildman–Crippen LogP) is 5.11. The van der Waals surface area contributed by atoms with Gasteiger partial charge in [0.15, 0.2) is 23.3 Å². The first-order valence-corrected chi connectivity index (χ1v) is 8.71. The molecule has 4 nitrogen and oxygen atoms in total. The number of rotatable bonds is 5. The largest absolute Gasteiger partial charge is 0.311 e. The van der Waals surface area contributed by atoms with Crippen LogP contribution in [0.15, 0.2) is 30.5 Å². The summed E-state index contributed by atoms with van der Waals surface area (Å²) in [5.41, 5.74) is -0.652. The van der Waals surface area contributed by atoms with Crippen molar-refractivity contribution in [2.45, 2.75) is 13.0 Å². The normalized spacial score (nSPS) is 11.0. The Kier molecular flexibility index (Phi) is 6.09. The van der Waals surface area contributed by atoms with Gasteiger partial charge in [0.25, 0.3) is 0 Å². The summed E-state index contributed by atoms with van der Waals surface area (Å²) in [6.45, 7) is 0.102. The van der Waals surface area contributed by atoms with Gasteiger partial charge in [0, 0.05) is 11.6 Å². The van der Waals surface area contributed by atoms with Crippen LogP contribution >= 0.6 is 23.2 Å². The zero-order chi connectivity index (χ0) is 21.3. The molecule has 1 amide bonds. The van der Waals surface area contributed by atoms with Crippen molar-refractivity contribution >= 4 is 34.9 Å². The fourth-order valence-electron chi connectivity index (χ4n) is 2.55. The minimum Gasteiger partial charge on any atom is -0.311 e. The van der Waals surface area contributed by atoms with Gasteiger partial charge >= 0.3 is 0 Å². The van der Waals surface area contributed by atoms with E-state index in [0.29, 0.717) is 10.6 Å². The monoisotopic (exact) mass is 449 g/mol. The van der Waals surface area contributed by atoms with Gasteiger partial charge in [-0.2, -0.15) is 5.10 Å². The average molecular weight is 450 g/mol. The van der Waals surface area contributed by atoms with Crippen molar-refractivity contribution in [2.75, 3.05) is 5.32 Å². The molecule has 3 rings (SSSR count). The summed E-state index contributed by atoms with van der Waals surface area (Å²) in [7, 11) is 0. The number of halogens is 7. The lowest BCUT2D eigenvalue weighted by Crippen LogP contribution is -2.20. The topological polar surface area (TPSA) is 46.9 Å². The van der Waals surface area contributed by atoms with Gasteiger partial charge in [-0.15, -0.1) is 0 Å². The van der Waals surface area contributed by atoms with Crippen molar-refractivity contribution in [3.8, 4) is 0 Å². The molecule has 0 aliphatic heterocycles. The summed E-state index contributed by atoms with van der Waals surface area (Å²) < 4.78 is 68.5. The van der Waals surface area contributed by atoms with Crippen LogP contribution < -0.4 is 5.32 Å². The van der Waals surface area contributed by atoms with E-state index in [0.717, 1.165) is 0 Å². The van der Waals surface area contributed by atoms with Crippen molar-refractivity contribution in [1.29, 1.82) is 0 Å².